The molecule has 0 amide bonds. The van der Waals surface area contributed by atoms with Crippen molar-refractivity contribution in [2.45, 2.75) is 13.2 Å². The fourth-order valence-electron chi connectivity index (χ4n) is 1.82. The monoisotopic (exact) mass is 296 g/mol. The van der Waals surface area contributed by atoms with Gasteiger partial charge in [-0.1, -0.05) is 35.9 Å². The van der Waals surface area contributed by atoms with E-state index in [-0.39, 0.29) is 18.2 Å². The van der Waals surface area contributed by atoms with Gasteiger partial charge in [-0.05, 0) is 12.1 Å². The van der Waals surface area contributed by atoms with Crippen molar-refractivity contribution in [1.82, 2.24) is 0 Å². The van der Waals surface area contributed by atoms with Crippen molar-refractivity contribution in [3.63, 3.8) is 0 Å². The lowest BCUT2D eigenvalue weighted by molar-refractivity contribution is 0.249. The van der Waals surface area contributed by atoms with Gasteiger partial charge in [-0.15, -0.1) is 0 Å². The zero-order valence-corrected chi connectivity index (χ0v) is 11.7. The van der Waals surface area contributed by atoms with Crippen molar-refractivity contribution in [2.75, 3.05) is 7.11 Å². The Morgan fingerprint density at radius 2 is 1.85 bits per heavy atom. The summed E-state index contributed by atoms with van der Waals surface area (Å²) in [5.41, 5.74) is 1.12. The van der Waals surface area contributed by atoms with Crippen LogP contribution in [0.3, 0.4) is 0 Å². The van der Waals surface area contributed by atoms with Gasteiger partial charge in [0.25, 0.3) is 0 Å². The Labute approximate surface area is 121 Å². The van der Waals surface area contributed by atoms with Crippen molar-refractivity contribution in [2.24, 2.45) is 0 Å². The van der Waals surface area contributed by atoms with Gasteiger partial charge in [-0.2, -0.15) is 0 Å². The van der Waals surface area contributed by atoms with Crippen LogP contribution in [0, 0.1) is 5.82 Å². The summed E-state index contributed by atoms with van der Waals surface area (Å²) in [7, 11) is 1.51. The smallest absolute Gasteiger partial charge is 0.167 e. The minimum Gasteiger partial charge on any atom is -0.493 e. The van der Waals surface area contributed by atoms with Crippen molar-refractivity contribution in [3.8, 4) is 11.5 Å². The first-order valence-electron chi connectivity index (χ1n) is 5.99. The van der Waals surface area contributed by atoms with Crippen molar-refractivity contribution >= 4 is 11.6 Å². The number of hydrogen-bond donors (Lipinski definition) is 1. The molecule has 0 saturated carbocycles. The Kier molecular flexibility index (Phi) is 4.82. The largest absolute Gasteiger partial charge is 0.493 e. The third-order valence-corrected chi connectivity index (χ3v) is 3.28. The van der Waals surface area contributed by atoms with Crippen molar-refractivity contribution < 1.29 is 19.0 Å². The fourth-order valence-corrected chi connectivity index (χ4v) is 2.00. The normalized spacial score (nSPS) is 10.4. The van der Waals surface area contributed by atoms with E-state index in [4.69, 9.17) is 21.1 Å². The molecule has 0 saturated heterocycles. The Bertz CT molecular complexity index is 579. The summed E-state index contributed by atoms with van der Waals surface area (Å²) in [6.07, 6.45) is 0. The number of para-hydroxylation sites is 1. The van der Waals surface area contributed by atoms with Gasteiger partial charge in [0, 0.05) is 11.1 Å². The zero-order chi connectivity index (χ0) is 14.5. The molecule has 0 radical (unpaired) electrons. The van der Waals surface area contributed by atoms with Gasteiger partial charge < -0.3 is 14.6 Å². The summed E-state index contributed by atoms with van der Waals surface area (Å²) in [4.78, 5) is 0. The molecular formula is C15H14ClFO3. The second-order valence-electron chi connectivity index (χ2n) is 4.11. The number of aliphatic hydroxyl groups excluding tert-OH is 1. The fraction of sp³-hybridized carbons (Fsp3) is 0.200. The number of benzene rings is 2. The maximum Gasteiger partial charge on any atom is 0.167 e. The first-order valence-corrected chi connectivity index (χ1v) is 6.37. The molecule has 0 aliphatic carbocycles. The van der Waals surface area contributed by atoms with E-state index < -0.39 is 5.82 Å². The minimum absolute atomic E-state index is 0.0351. The third-order valence-electron chi connectivity index (χ3n) is 2.85. The second kappa shape index (κ2) is 6.59. The quantitative estimate of drug-likeness (QED) is 0.917. The highest BCUT2D eigenvalue weighted by molar-refractivity contribution is 6.31. The molecule has 0 bridgehead atoms. The molecule has 0 unspecified atom stereocenters. The van der Waals surface area contributed by atoms with Crippen LogP contribution in [0.25, 0.3) is 0 Å². The Hall–Kier alpha value is -1.78. The average Bonchev–Trinajstić information content (AvgIpc) is 2.48. The highest BCUT2D eigenvalue weighted by Gasteiger charge is 2.12. The number of rotatable bonds is 5. The molecule has 2 aromatic carbocycles. The van der Waals surface area contributed by atoms with Crippen molar-refractivity contribution in [1.29, 1.82) is 0 Å². The summed E-state index contributed by atoms with van der Waals surface area (Å²) in [6, 6.07) is 9.74. The maximum atomic E-state index is 13.3. The van der Waals surface area contributed by atoms with Crippen molar-refractivity contribution in [3.05, 3.63) is 58.4 Å². The van der Waals surface area contributed by atoms with Crippen LogP contribution in [-0.4, -0.2) is 12.2 Å². The van der Waals surface area contributed by atoms with Gasteiger partial charge in [-0.3, -0.25) is 0 Å². The van der Waals surface area contributed by atoms with Gasteiger partial charge >= 0.3 is 0 Å². The minimum atomic E-state index is -0.491. The third kappa shape index (κ3) is 3.03. The number of aliphatic hydroxyl groups is 1. The molecule has 20 heavy (non-hydrogen) atoms. The summed E-state index contributed by atoms with van der Waals surface area (Å²) in [5, 5.41) is 9.35. The predicted molar refractivity (Wildman–Crippen MR) is 74.7 cm³/mol. The molecule has 0 fully saturated rings. The molecule has 0 aliphatic heterocycles. The van der Waals surface area contributed by atoms with Crippen LogP contribution >= 0.6 is 11.6 Å². The zero-order valence-electron chi connectivity index (χ0n) is 10.9. The summed E-state index contributed by atoms with van der Waals surface area (Å²) < 4.78 is 24.2. The van der Waals surface area contributed by atoms with Crippen LogP contribution in [-0.2, 0) is 13.2 Å². The molecular weight excluding hydrogens is 283 g/mol. The summed E-state index contributed by atoms with van der Waals surface area (Å²) in [6.45, 7) is -0.0899. The molecule has 0 heterocycles. The lowest BCUT2D eigenvalue weighted by Crippen LogP contribution is -2.02. The number of halogens is 2. The van der Waals surface area contributed by atoms with Crippen LogP contribution in [0.15, 0.2) is 36.4 Å². The van der Waals surface area contributed by atoms with E-state index in [0.29, 0.717) is 22.6 Å². The maximum absolute atomic E-state index is 13.3. The first kappa shape index (κ1) is 14.6. The van der Waals surface area contributed by atoms with E-state index in [9.17, 15) is 9.50 Å². The number of methoxy groups -OCH3 is 1. The van der Waals surface area contributed by atoms with Crippen LogP contribution in [0.4, 0.5) is 4.39 Å². The molecule has 0 aliphatic rings. The van der Waals surface area contributed by atoms with E-state index in [1.807, 2.05) is 0 Å². The molecule has 0 aromatic heterocycles. The van der Waals surface area contributed by atoms with Crippen LogP contribution in [0.1, 0.15) is 11.1 Å². The number of ether oxygens (including phenoxy) is 2. The predicted octanol–water partition coefficient (Wildman–Crippen LogP) is 3.56. The number of hydrogen-bond acceptors (Lipinski definition) is 3. The van der Waals surface area contributed by atoms with Gasteiger partial charge in [0.1, 0.15) is 12.4 Å². The van der Waals surface area contributed by atoms with E-state index in [2.05, 4.69) is 0 Å². The molecule has 3 nitrogen and oxygen atoms in total. The summed E-state index contributed by atoms with van der Waals surface area (Å²) >= 11 is 5.87. The Balaban J connectivity index is 2.24. The lowest BCUT2D eigenvalue weighted by Gasteiger charge is -2.14. The van der Waals surface area contributed by atoms with Crippen LogP contribution in [0.2, 0.25) is 5.02 Å². The molecule has 106 valence electrons. The topological polar surface area (TPSA) is 38.7 Å². The molecule has 5 heteroatoms. The van der Waals surface area contributed by atoms with Gasteiger partial charge in [0.2, 0.25) is 0 Å². The van der Waals surface area contributed by atoms with Crippen LogP contribution in [0.5, 0.6) is 11.5 Å². The average molecular weight is 297 g/mol. The lowest BCUT2D eigenvalue weighted by atomic mass is 10.2. The second-order valence-corrected chi connectivity index (χ2v) is 4.49. The van der Waals surface area contributed by atoms with E-state index in [0.717, 1.165) is 0 Å². The van der Waals surface area contributed by atoms with Gasteiger partial charge in [0.15, 0.2) is 11.5 Å². The van der Waals surface area contributed by atoms with Gasteiger partial charge in [0.05, 0.1) is 18.7 Å². The Morgan fingerprint density at radius 3 is 2.55 bits per heavy atom. The SMILES string of the molecule is COc1cccc(CO)c1OCc1cccc(F)c1Cl. The molecule has 0 spiro atoms. The summed E-state index contributed by atoms with van der Waals surface area (Å²) in [5.74, 6) is 0.442. The standard InChI is InChI=1S/C15H14ClFO3/c1-19-13-7-3-4-10(8-18)15(13)20-9-11-5-2-6-12(17)14(11)16/h2-7,18H,8-9H2,1H3. The van der Waals surface area contributed by atoms with E-state index in [1.54, 1.807) is 30.3 Å². The highest BCUT2D eigenvalue weighted by atomic mass is 35.5. The van der Waals surface area contributed by atoms with E-state index >= 15 is 0 Å². The molecule has 0 atom stereocenters. The Morgan fingerprint density at radius 1 is 1.15 bits per heavy atom. The van der Waals surface area contributed by atoms with Crippen LogP contribution < -0.4 is 9.47 Å². The van der Waals surface area contributed by atoms with Gasteiger partial charge in [-0.25, -0.2) is 4.39 Å². The molecule has 2 aromatic rings. The first-order chi connectivity index (χ1) is 9.67. The molecule has 2 rings (SSSR count). The van der Waals surface area contributed by atoms with E-state index in [1.165, 1.54) is 13.2 Å². The highest BCUT2D eigenvalue weighted by Crippen LogP contribution is 2.32. The molecule has 1 N–H and O–H groups in total.